The molecule has 0 aromatic rings. The molecular weight excluding hydrogens is 180 g/mol. The van der Waals surface area contributed by atoms with Crippen molar-refractivity contribution in [2.24, 2.45) is 0 Å². The van der Waals surface area contributed by atoms with E-state index in [9.17, 15) is 4.79 Å². The van der Waals surface area contributed by atoms with Crippen molar-refractivity contribution in [1.82, 2.24) is 0 Å². The zero-order valence-corrected chi connectivity index (χ0v) is 7.00. The first-order valence-corrected chi connectivity index (χ1v) is 3.94. The summed E-state index contributed by atoms with van der Waals surface area (Å²) in [6.07, 6.45) is 4.38. The molecule has 0 spiro atoms. The molecule has 2 aliphatic rings. The van der Waals surface area contributed by atoms with Crippen LogP contribution in [0.1, 0.15) is 6.42 Å². The van der Waals surface area contributed by atoms with Gasteiger partial charge in [-0.15, -0.1) is 11.6 Å². The standard InChI is InChI=1S/C8H7ClO3/c9-8(4-10)2-1-6-7(3-8)12-5-11-6/h1-2,4H,3,5H2. The van der Waals surface area contributed by atoms with Gasteiger partial charge in [-0.1, -0.05) is 6.08 Å². The molecule has 1 atom stereocenters. The smallest absolute Gasteiger partial charge is 0.230 e. The predicted octanol–water partition coefficient (Wildman–Crippen LogP) is 1.34. The van der Waals surface area contributed by atoms with Gasteiger partial charge in [-0.05, 0) is 6.08 Å². The molecule has 0 saturated carbocycles. The van der Waals surface area contributed by atoms with E-state index in [-0.39, 0.29) is 6.79 Å². The molecule has 4 heteroatoms. The van der Waals surface area contributed by atoms with Gasteiger partial charge in [0.15, 0.2) is 5.76 Å². The minimum Gasteiger partial charge on any atom is -0.458 e. The van der Waals surface area contributed by atoms with Crippen LogP contribution in [0.2, 0.25) is 0 Å². The highest BCUT2D eigenvalue weighted by Gasteiger charge is 2.33. The molecule has 1 aliphatic carbocycles. The first-order chi connectivity index (χ1) is 5.73. The Kier molecular flexibility index (Phi) is 1.61. The minimum atomic E-state index is -0.938. The Bertz CT molecular complexity index is 282. The number of halogens is 1. The quantitative estimate of drug-likeness (QED) is 0.458. The van der Waals surface area contributed by atoms with Crippen molar-refractivity contribution in [2.75, 3.05) is 6.79 Å². The fourth-order valence-electron chi connectivity index (χ4n) is 1.20. The third-order valence-electron chi connectivity index (χ3n) is 1.86. The van der Waals surface area contributed by atoms with Crippen molar-refractivity contribution in [3.05, 3.63) is 23.7 Å². The monoisotopic (exact) mass is 186 g/mol. The lowest BCUT2D eigenvalue weighted by atomic mass is 9.99. The van der Waals surface area contributed by atoms with Gasteiger partial charge in [0.2, 0.25) is 6.79 Å². The summed E-state index contributed by atoms with van der Waals surface area (Å²) in [4.78, 5) is 9.63. The van der Waals surface area contributed by atoms with Crippen LogP contribution in [0.5, 0.6) is 0 Å². The molecule has 64 valence electrons. The lowest BCUT2D eigenvalue weighted by Gasteiger charge is -2.18. The highest BCUT2D eigenvalue weighted by molar-refractivity contribution is 6.33. The SMILES string of the molecule is O=CC1(Cl)C=CC2=C(C1)OCO2. The summed E-state index contributed by atoms with van der Waals surface area (Å²) < 4.78 is 10.2. The number of rotatable bonds is 1. The molecule has 0 radical (unpaired) electrons. The average Bonchev–Trinajstić information content (AvgIpc) is 2.51. The van der Waals surface area contributed by atoms with Gasteiger partial charge in [-0.2, -0.15) is 0 Å². The number of carbonyl (C=O) groups excluding carboxylic acids is 1. The molecule has 0 bridgehead atoms. The Morgan fingerprint density at radius 1 is 1.58 bits per heavy atom. The second-order valence-electron chi connectivity index (χ2n) is 2.75. The van der Waals surface area contributed by atoms with Gasteiger partial charge >= 0.3 is 0 Å². The second kappa shape index (κ2) is 2.52. The Hall–Kier alpha value is -0.960. The van der Waals surface area contributed by atoms with E-state index in [1.807, 2.05) is 0 Å². The Morgan fingerprint density at radius 3 is 3.17 bits per heavy atom. The van der Waals surface area contributed by atoms with Gasteiger partial charge < -0.3 is 14.3 Å². The minimum absolute atomic E-state index is 0.223. The Balaban J connectivity index is 2.26. The summed E-state index contributed by atoms with van der Waals surface area (Å²) in [6.45, 7) is 0.223. The van der Waals surface area contributed by atoms with Gasteiger partial charge in [0, 0.05) is 6.42 Å². The van der Waals surface area contributed by atoms with Gasteiger partial charge in [0.25, 0.3) is 0 Å². The van der Waals surface area contributed by atoms with Crippen molar-refractivity contribution in [2.45, 2.75) is 11.3 Å². The number of ether oxygens (including phenoxy) is 2. The van der Waals surface area contributed by atoms with Crippen LogP contribution < -0.4 is 0 Å². The lowest BCUT2D eigenvalue weighted by Crippen LogP contribution is -2.23. The Morgan fingerprint density at radius 2 is 2.42 bits per heavy atom. The van der Waals surface area contributed by atoms with Crippen LogP contribution in [-0.4, -0.2) is 18.0 Å². The third kappa shape index (κ3) is 1.10. The molecule has 1 heterocycles. The average molecular weight is 187 g/mol. The van der Waals surface area contributed by atoms with Crippen LogP contribution >= 0.6 is 11.6 Å². The van der Waals surface area contributed by atoms with Crippen molar-refractivity contribution < 1.29 is 14.3 Å². The van der Waals surface area contributed by atoms with Gasteiger partial charge in [0.05, 0.1) is 0 Å². The highest BCUT2D eigenvalue weighted by atomic mass is 35.5. The zero-order chi connectivity index (χ0) is 8.60. The van der Waals surface area contributed by atoms with Crippen molar-refractivity contribution >= 4 is 17.9 Å². The van der Waals surface area contributed by atoms with E-state index in [4.69, 9.17) is 21.1 Å². The predicted molar refractivity (Wildman–Crippen MR) is 42.5 cm³/mol. The molecule has 0 aromatic heterocycles. The number of hydrogen-bond donors (Lipinski definition) is 0. The maximum atomic E-state index is 10.6. The maximum absolute atomic E-state index is 10.6. The first kappa shape index (κ1) is 7.68. The molecule has 0 N–H and O–H groups in total. The van der Waals surface area contributed by atoms with E-state index in [0.717, 1.165) is 0 Å². The van der Waals surface area contributed by atoms with E-state index >= 15 is 0 Å². The topological polar surface area (TPSA) is 35.5 Å². The summed E-state index contributed by atoms with van der Waals surface area (Å²) >= 11 is 5.90. The van der Waals surface area contributed by atoms with E-state index in [1.54, 1.807) is 12.2 Å². The number of carbonyl (C=O) groups is 1. The van der Waals surface area contributed by atoms with Crippen LogP contribution in [0, 0.1) is 0 Å². The van der Waals surface area contributed by atoms with Crippen molar-refractivity contribution in [3.63, 3.8) is 0 Å². The summed E-state index contributed by atoms with van der Waals surface area (Å²) in [5.74, 6) is 1.35. The first-order valence-electron chi connectivity index (χ1n) is 3.57. The third-order valence-corrected chi connectivity index (χ3v) is 2.21. The molecule has 0 saturated heterocycles. The van der Waals surface area contributed by atoms with Gasteiger partial charge in [-0.3, -0.25) is 0 Å². The van der Waals surface area contributed by atoms with Gasteiger partial charge in [-0.25, -0.2) is 0 Å². The molecule has 0 aromatic carbocycles. The van der Waals surface area contributed by atoms with Crippen LogP contribution in [0.3, 0.4) is 0 Å². The summed E-state index contributed by atoms with van der Waals surface area (Å²) in [5.41, 5.74) is 0. The van der Waals surface area contributed by atoms with E-state index in [0.29, 0.717) is 24.2 Å². The molecule has 0 amide bonds. The molecule has 1 unspecified atom stereocenters. The fraction of sp³-hybridized carbons (Fsp3) is 0.375. The normalized spacial score (nSPS) is 32.4. The maximum Gasteiger partial charge on any atom is 0.230 e. The molecule has 0 fully saturated rings. The molecule has 12 heavy (non-hydrogen) atoms. The lowest BCUT2D eigenvalue weighted by molar-refractivity contribution is -0.109. The second-order valence-corrected chi connectivity index (χ2v) is 3.45. The zero-order valence-electron chi connectivity index (χ0n) is 6.25. The summed E-state index contributed by atoms with van der Waals surface area (Å²) in [6, 6.07) is 0. The van der Waals surface area contributed by atoms with E-state index in [1.165, 1.54) is 0 Å². The molecule has 1 aliphatic heterocycles. The van der Waals surface area contributed by atoms with E-state index in [2.05, 4.69) is 0 Å². The van der Waals surface area contributed by atoms with Gasteiger partial charge in [0.1, 0.15) is 16.9 Å². The van der Waals surface area contributed by atoms with E-state index < -0.39 is 4.87 Å². The summed E-state index contributed by atoms with van der Waals surface area (Å²) in [7, 11) is 0. The number of alkyl halides is 1. The molecule has 3 nitrogen and oxygen atoms in total. The van der Waals surface area contributed by atoms with Crippen LogP contribution in [-0.2, 0) is 14.3 Å². The fourth-order valence-corrected chi connectivity index (χ4v) is 1.38. The number of aldehydes is 1. The van der Waals surface area contributed by atoms with Crippen LogP contribution in [0.25, 0.3) is 0 Å². The summed E-state index contributed by atoms with van der Waals surface area (Å²) in [5, 5.41) is 0. The number of hydrogen-bond acceptors (Lipinski definition) is 3. The molecular formula is C8H7ClO3. The Labute approximate surface area is 74.6 Å². The van der Waals surface area contributed by atoms with Crippen molar-refractivity contribution in [3.8, 4) is 0 Å². The largest absolute Gasteiger partial charge is 0.458 e. The number of allylic oxidation sites excluding steroid dienone is 3. The van der Waals surface area contributed by atoms with Crippen LogP contribution in [0.15, 0.2) is 23.7 Å². The highest BCUT2D eigenvalue weighted by Crippen LogP contribution is 2.34. The molecule has 2 rings (SSSR count). The van der Waals surface area contributed by atoms with Crippen LogP contribution in [0.4, 0.5) is 0 Å². The van der Waals surface area contributed by atoms with Crippen molar-refractivity contribution in [1.29, 1.82) is 0 Å².